The summed E-state index contributed by atoms with van der Waals surface area (Å²) in [7, 11) is 0. The van der Waals surface area contributed by atoms with Gasteiger partial charge in [-0.15, -0.1) is 11.3 Å². The van der Waals surface area contributed by atoms with Crippen molar-refractivity contribution in [2.45, 2.75) is 38.3 Å². The smallest absolute Gasteiger partial charge is 0.405 e. The molecule has 3 N–H and O–H groups in total. The average molecular weight is 469 g/mol. The number of aryl methyl sites for hydroxylation is 1. The molecule has 1 aromatic heterocycles. The van der Waals surface area contributed by atoms with E-state index in [9.17, 15) is 24.8 Å². The van der Waals surface area contributed by atoms with Crippen molar-refractivity contribution >= 4 is 29.0 Å². The number of amides is 2. The van der Waals surface area contributed by atoms with Crippen LogP contribution in [0.15, 0.2) is 60.0 Å². The van der Waals surface area contributed by atoms with Crippen molar-refractivity contribution in [3.63, 3.8) is 0 Å². The molecule has 0 fully saturated rings. The van der Waals surface area contributed by atoms with Gasteiger partial charge >= 0.3 is 6.09 Å². The van der Waals surface area contributed by atoms with Crippen LogP contribution < -0.4 is 10.6 Å². The number of carbonyl (C=O) groups excluding carboxylic acids is 1. The molecule has 0 radical (unpaired) electrons. The van der Waals surface area contributed by atoms with Crippen molar-refractivity contribution < 1.29 is 19.6 Å². The van der Waals surface area contributed by atoms with E-state index in [2.05, 4.69) is 15.6 Å². The standard InChI is InChI=1S/C23H24N4O5S/c1-2-17-14-33-22(24-17)20(13-16-8-10-18(11-9-16)27(31)32)25-21(28)19(26-23(29)30)12-15-6-4-3-5-7-15/h3-11,14,19-20,26H,2,12-13H2,1H3,(H,25,28)(H,29,30). The number of aromatic nitrogens is 1. The molecule has 2 amide bonds. The summed E-state index contributed by atoms with van der Waals surface area (Å²) < 4.78 is 0. The number of hydrogen-bond donors (Lipinski definition) is 3. The summed E-state index contributed by atoms with van der Waals surface area (Å²) >= 11 is 1.41. The molecule has 0 saturated carbocycles. The van der Waals surface area contributed by atoms with Crippen LogP contribution >= 0.6 is 11.3 Å². The SMILES string of the molecule is CCc1csc(C(Cc2ccc([N+](=O)[O-])cc2)NC(=O)C(Cc2ccccc2)NC(=O)O)n1. The lowest BCUT2D eigenvalue weighted by Crippen LogP contribution is -2.48. The van der Waals surface area contributed by atoms with Gasteiger partial charge in [-0.3, -0.25) is 14.9 Å². The molecule has 2 aromatic carbocycles. The Balaban J connectivity index is 1.82. The molecule has 0 aliphatic rings. The summed E-state index contributed by atoms with van der Waals surface area (Å²) in [5, 5.41) is 28.0. The number of nitrogens with zero attached hydrogens (tertiary/aromatic N) is 2. The molecule has 3 rings (SSSR count). The molecule has 0 aliphatic carbocycles. The van der Waals surface area contributed by atoms with E-state index in [1.54, 1.807) is 12.1 Å². The Morgan fingerprint density at radius 1 is 1.06 bits per heavy atom. The first-order valence-electron chi connectivity index (χ1n) is 10.4. The van der Waals surface area contributed by atoms with Crippen molar-refractivity contribution in [3.8, 4) is 0 Å². The van der Waals surface area contributed by atoms with Gasteiger partial charge < -0.3 is 15.7 Å². The van der Waals surface area contributed by atoms with E-state index in [1.165, 1.54) is 23.5 Å². The van der Waals surface area contributed by atoms with Crippen LogP contribution in [0.2, 0.25) is 0 Å². The van der Waals surface area contributed by atoms with Gasteiger partial charge in [0.25, 0.3) is 5.69 Å². The maximum Gasteiger partial charge on any atom is 0.405 e. The van der Waals surface area contributed by atoms with Gasteiger partial charge in [-0.1, -0.05) is 49.4 Å². The lowest BCUT2D eigenvalue weighted by molar-refractivity contribution is -0.384. The molecule has 0 saturated heterocycles. The van der Waals surface area contributed by atoms with E-state index in [4.69, 9.17) is 0 Å². The molecule has 2 atom stereocenters. The molecule has 0 spiro atoms. The number of carboxylic acid groups (broad SMARTS) is 1. The maximum atomic E-state index is 13.1. The molecular formula is C23H24N4O5S. The molecule has 0 aliphatic heterocycles. The second-order valence-electron chi connectivity index (χ2n) is 7.41. The largest absolute Gasteiger partial charge is 0.465 e. The fourth-order valence-electron chi connectivity index (χ4n) is 3.32. The van der Waals surface area contributed by atoms with Gasteiger partial charge in [0.1, 0.15) is 11.0 Å². The third kappa shape index (κ3) is 6.84. The van der Waals surface area contributed by atoms with Crippen LogP contribution in [-0.4, -0.2) is 33.1 Å². The van der Waals surface area contributed by atoms with Crippen molar-refractivity contribution in [3.05, 3.63) is 91.9 Å². The minimum absolute atomic E-state index is 0.0181. The quantitative estimate of drug-likeness (QED) is 0.305. The molecule has 10 heteroatoms. The van der Waals surface area contributed by atoms with Crippen LogP contribution in [0.1, 0.15) is 34.8 Å². The highest BCUT2D eigenvalue weighted by Gasteiger charge is 2.26. The van der Waals surface area contributed by atoms with Crippen LogP contribution in [0.3, 0.4) is 0 Å². The highest BCUT2D eigenvalue weighted by Crippen LogP contribution is 2.24. The fourth-order valence-corrected chi connectivity index (χ4v) is 4.27. The van der Waals surface area contributed by atoms with E-state index in [-0.39, 0.29) is 12.1 Å². The van der Waals surface area contributed by atoms with Crippen molar-refractivity contribution in [1.82, 2.24) is 15.6 Å². The third-order valence-corrected chi connectivity index (χ3v) is 6.04. The molecule has 1 heterocycles. The summed E-state index contributed by atoms with van der Waals surface area (Å²) in [4.78, 5) is 39.5. The summed E-state index contributed by atoms with van der Waals surface area (Å²) in [5.74, 6) is -0.471. The summed E-state index contributed by atoms with van der Waals surface area (Å²) in [6.45, 7) is 1.98. The first-order chi connectivity index (χ1) is 15.9. The second kappa shape index (κ2) is 11.2. The number of rotatable bonds is 10. The highest BCUT2D eigenvalue weighted by atomic mass is 32.1. The summed E-state index contributed by atoms with van der Waals surface area (Å²) in [5.41, 5.74) is 2.48. The van der Waals surface area contributed by atoms with Gasteiger partial charge in [0.05, 0.1) is 16.7 Å². The predicted octanol–water partition coefficient (Wildman–Crippen LogP) is 3.89. The number of carbonyl (C=O) groups is 2. The molecule has 9 nitrogen and oxygen atoms in total. The van der Waals surface area contributed by atoms with Crippen molar-refractivity contribution in [2.75, 3.05) is 0 Å². The van der Waals surface area contributed by atoms with E-state index >= 15 is 0 Å². The Kier molecular flexibility index (Phi) is 8.09. The summed E-state index contributed by atoms with van der Waals surface area (Å²) in [6.07, 6.45) is -0.000776. The monoisotopic (exact) mass is 468 g/mol. The molecule has 2 unspecified atom stereocenters. The second-order valence-corrected chi connectivity index (χ2v) is 8.30. The Hall–Kier alpha value is -3.79. The Bertz CT molecular complexity index is 1100. The highest BCUT2D eigenvalue weighted by molar-refractivity contribution is 7.09. The van der Waals surface area contributed by atoms with Crippen molar-refractivity contribution in [1.29, 1.82) is 0 Å². The van der Waals surface area contributed by atoms with Crippen molar-refractivity contribution in [2.24, 2.45) is 0 Å². The average Bonchev–Trinajstić information content (AvgIpc) is 3.28. The Labute approximate surface area is 194 Å². The third-order valence-electron chi connectivity index (χ3n) is 5.03. The number of nitro groups is 1. The fraction of sp³-hybridized carbons (Fsp3) is 0.261. The number of benzene rings is 2. The minimum Gasteiger partial charge on any atom is -0.465 e. The lowest BCUT2D eigenvalue weighted by atomic mass is 10.0. The van der Waals surface area contributed by atoms with Gasteiger partial charge in [0, 0.05) is 23.9 Å². The number of nitro benzene ring substituents is 1. The van der Waals surface area contributed by atoms with Gasteiger partial charge in [0.15, 0.2) is 0 Å². The predicted molar refractivity (Wildman–Crippen MR) is 124 cm³/mol. The molecule has 0 bridgehead atoms. The number of thiazole rings is 1. The van der Waals surface area contributed by atoms with Crippen LogP contribution in [0, 0.1) is 10.1 Å². The number of hydrogen-bond acceptors (Lipinski definition) is 6. The number of nitrogens with one attached hydrogen (secondary N) is 2. The topological polar surface area (TPSA) is 134 Å². The van der Waals surface area contributed by atoms with Crippen LogP contribution in [-0.2, 0) is 24.1 Å². The minimum atomic E-state index is -1.29. The first kappa shape index (κ1) is 23.9. The molecule has 3 aromatic rings. The van der Waals surface area contributed by atoms with Gasteiger partial charge in [-0.2, -0.15) is 0 Å². The van der Waals surface area contributed by atoms with Gasteiger partial charge in [-0.25, -0.2) is 9.78 Å². The van der Waals surface area contributed by atoms with E-state index in [0.29, 0.717) is 11.4 Å². The normalized spacial score (nSPS) is 12.5. The van der Waals surface area contributed by atoms with E-state index in [0.717, 1.165) is 23.2 Å². The zero-order valence-electron chi connectivity index (χ0n) is 17.9. The maximum absolute atomic E-state index is 13.1. The zero-order valence-corrected chi connectivity index (χ0v) is 18.7. The Morgan fingerprint density at radius 2 is 1.73 bits per heavy atom. The lowest BCUT2D eigenvalue weighted by Gasteiger charge is -2.22. The number of non-ortho nitro benzene ring substituents is 1. The van der Waals surface area contributed by atoms with E-state index in [1.807, 2.05) is 42.6 Å². The van der Waals surface area contributed by atoms with Crippen LogP contribution in [0.5, 0.6) is 0 Å². The van der Waals surface area contributed by atoms with Crippen LogP contribution in [0.25, 0.3) is 0 Å². The van der Waals surface area contributed by atoms with Gasteiger partial charge in [-0.05, 0) is 24.0 Å². The Morgan fingerprint density at radius 3 is 2.30 bits per heavy atom. The van der Waals surface area contributed by atoms with Crippen LogP contribution in [0.4, 0.5) is 10.5 Å². The first-order valence-corrected chi connectivity index (χ1v) is 11.2. The zero-order chi connectivity index (χ0) is 23.8. The molecule has 33 heavy (non-hydrogen) atoms. The summed E-state index contributed by atoms with van der Waals surface area (Å²) in [6, 6.07) is 13.7. The molecular weight excluding hydrogens is 444 g/mol. The molecule has 172 valence electrons. The van der Waals surface area contributed by atoms with Gasteiger partial charge in [0.2, 0.25) is 5.91 Å². The van der Waals surface area contributed by atoms with E-state index < -0.39 is 29.0 Å².